The van der Waals surface area contributed by atoms with Gasteiger partial charge in [0.25, 0.3) is 0 Å². The lowest BCUT2D eigenvalue weighted by molar-refractivity contribution is -0.605. The minimum absolute atomic E-state index is 0.180. The third-order valence-electron chi connectivity index (χ3n) is 5.32. The molecule has 0 spiro atoms. The van der Waals surface area contributed by atoms with E-state index in [1.807, 2.05) is 34.9 Å². The second-order valence-corrected chi connectivity index (χ2v) is 10.6. The number of nitrogens with one attached hydrogen (secondary N) is 1. The van der Waals surface area contributed by atoms with Crippen LogP contribution in [0.25, 0.3) is 11.0 Å². The number of carbonyl (C=O) groups excluding carboxylic acids is 1. The molecule has 2 aromatic carbocycles. The van der Waals surface area contributed by atoms with E-state index in [-0.39, 0.29) is 17.9 Å². The fourth-order valence-corrected chi connectivity index (χ4v) is 5.05. The topological polar surface area (TPSA) is 108 Å². The number of sulfone groups is 1. The number of imidazole rings is 1. The van der Waals surface area contributed by atoms with E-state index in [0.29, 0.717) is 21.0 Å². The van der Waals surface area contributed by atoms with Gasteiger partial charge in [0.2, 0.25) is 5.91 Å². The Morgan fingerprint density at radius 1 is 1.12 bits per heavy atom. The lowest BCUT2D eigenvalue weighted by Gasteiger charge is -2.08. The molecule has 34 heavy (non-hydrogen) atoms. The Morgan fingerprint density at radius 3 is 2.68 bits per heavy atom. The molecule has 8 nitrogen and oxygen atoms in total. The molecule has 0 atom stereocenters. The average molecular weight is 499 g/mol. The van der Waals surface area contributed by atoms with Gasteiger partial charge >= 0.3 is 0 Å². The zero-order chi connectivity index (χ0) is 24.1. The SMILES string of the molecule is O=C(CCS(=O)(=O)Cc1ccc[n+]([O-])c1)Nc1ccc2c(c1)ncn2CCc1ccc(Cl)cc1. The fourth-order valence-electron chi connectivity index (χ4n) is 3.60. The van der Waals surface area contributed by atoms with Crippen LogP contribution >= 0.6 is 11.6 Å². The number of hydrogen-bond donors (Lipinski definition) is 1. The van der Waals surface area contributed by atoms with Crippen molar-refractivity contribution in [3.05, 3.63) is 94.7 Å². The first-order chi connectivity index (χ1) is 16.3. The number of rotatable bonds is 9. The first kappa shape index (κ1) is 23.7. The quantitative estimate of drug-likeness (QED) is 0.280. The summed E-state index contributed by atoms with van der Waals surface area (Å²) in [7, 11) is -3.54. The number of anilines is 1. The Bertz CT molecular complexity index is 1420. The van der Waals surface area contributed by atoms with E-state index in [1.54, 1.807) is 24.5 Å². The Labute approximate surface area is 202 Å². The number of aromatic nitrogens is 3. The Kier molecular flexibility index (Phi) is 7.14. The van der Waals surface area contributed by atoms with Crippen molar-refractivity contribution in [3.63, 3.8) is 0 Å². The molecule has 0 unspecified atom stereocenters. The van der Waals surface area contributed by atoms with Crippen LogP contribution in [0.2, 0.25) is 5.02 Å². The molecule has 0 aliphatic carbocycles. The molecule has 0 aliphatic heterocycles. The lowest BCUT2D eigenvalue weighted by atomic mass is 10.1. The highest BCUT2D eigenvalue weighted by atomic mass is 35.5. The first-order valence-corrected chi connectivity index (χ1v) is 12.8. The molecule has 2 aromatic heterocycles. The van der Waals surface area contributed by atoms with Gasteiger partial charge < -0.3 is 15.1 Å². The summed E-state index contributed by atoms with van der Waals surface area (Å²) in [4.78, 5) is 16.7. The summed E-state index contributed by atoms with van der Waals surface area (Å²) < 4.78 is 27.2. The number of pyridine rings is 1. The van der Waals surface area contributed by atoms with Gasteiger partial charge in [-0.25, -0.2) is 13.4 Å². The second-order valence-electron chi connectivity index (χ2n) is 7.98. The van der Waals surface area contributed by atoms with E-state index in [4.69, 9.17) is 11.6 Å². The molecular formula is C24H23ClN4O4S. The molecule has 0 radical (unpaired) electrons. The van der Waals surface area contributed by atoms with Crippen molar-refractivity contribution in [2.75, 3.05) is 11.1 Å². The average Bonchev–Trinajstić information content (AvgIpc) is 3.19. The third-order valence-corrected chi connectivity index (χ3v) is 7.17. The van der Waals surface area contributed by atoms with Crippen LogP contribution in [0.5, 0.6) is 0 Å². The smallest absolute Gasteiger partial charge is 0.225 e. The molecule has 0 saturated heterocycles. The summed E-state index contributed by atoms with van der Waals surface area (Å²) in [6.45, 7) is 0.745. The van der Waals surface area contributed by atoms with E-state index in [9.17, 15) is 18.4 Å². The maximum Gasteiger partial charge on any atom is 0.225 e. The van der Waals surface area contributed by atoms with Crippen LogP contribution in [-0.4, -0.2) is 29.6 Å². The molecule has 0 aliphatic rings. The maximum atomic E-state index is 12.3. The first-order valence-electron chi connectivity index (χ1n) is 10.6. The van der Waals surface area contributed by atoms with Gasteiger partial charge in [-0.05, 0) is 48.4 Å². The highest BCUT2D eigenvalue weighted by Gasteiger charge is 2.16. The molecule has 1 N–H and O–H groups in total. The third kappa shape index (κ3) is 6.33. The number of hydrogen-bond acceptors (Lipinski definition) is 5. The molecule has 0 saturated carbocycles. The van der Waals surface area contributed by atoms with Crippen molar-refractivity contribution in [3.8, 4) is 0 Å². The summed E-state index contributed by atoms with van der Waals surface area (Å²) in [6.07, 6.45) is 4.89. The zero-order valence-electron chi connectivity index (χ0n) is 18.2. The van der Waals surface area contributed by atoms with Crippen LogP contribution in [0, 0.1) is 5.21 Å². The number of fused-ring (bicyclic) bond motifs is 1. The molecular weight excluding hydrogens is 476 g/mol. The largest absolute Gasteiger partial charge is 0.619 e. The van der Waals surface area contributed by atoms with Crippen molar-refractivity contribution in [1.29, 1.82) is 0 Å². The number of aryl methyl sites for hydroxylation is 2. The van der Waals surface area contributed by atoms with Gasteiger partial charge in [0, 0.05) is 35.3 Å². The van der Waals surface area contributed by atoms with Gasteiger partial charge in [-0.15, -0.1) is 0 Å². The van der Waals surface area contributed by atoms with Crippen molar-refractivity contribution < 1.29 is 17.9 Å². The summed E-state index contributed by atoms with van der Waals surface area (Å²) in [5, 5.41) is 14.7. The van der Waals surface area contributed by atoms with Gasteiger partial charge in [-0.1, -0.05) is 23.7 Å². The number of amides is 1. The van der Waals surface area contributed by atoms with Crippen LogP contribution in [0.15, 0.2) is 73.3 Å². The summed E-state index contributed by atoms with van der Waals surface area (Å²) in [6, 6.07) is 16.2. The van der Waals surface area contributed by atoms with Crippen molar-refractivity contribution in [2.24, 2.45) is 0 Å². The van der Waals surface area contributed by atoms with Crippen LogP contribution in [-0.2, 0) is 33.4 Å². The molecule has 2 heterocycles. The van der Waals surface area contributed by atoms with Crippen LogP contribution in [0.4, 0.5) is 5.69 Å². The predicted octanol–water partition coefficient (Wildman–Crippen LogP) is 3.51. The van der Waals surface area contributed by atoms with E-state index < -0.39 is 15.7 Å². The van der Waals surface area contributed by atoms with Crippen LogP contribution in [0.3, 0.4) is 0 Å². The number of carbonyl (C=O) groups is 1. The van der Waals surface area contributed by atoms with Crippen molar-refractivity contribution in [1.82, 2.24) is 9.55 Å². The minimum Gasteiger partial charge on any atom is -0.619 e. The molecule has 4 aromatic rings. The van der Waals surface area contributed by atoms with Crippen LogP contribution < -0.4 is 10.0 Å². The Morgan fingerprint density at radius 2 is 1.91 bits per heavy atom. The molecule has 176 valence electrons. The molecule has 1 amide bonds. The minimum atomic E-state index is -3.54. The summed E-state index contributed by atoms with van der Waals surface area (Å²) in [5.41, 5.74) is 3.78. The number of nitrogens with zero attached hydrogens (tertiary/aromatic N) is 3. The van der Waals surface area contributed by atoms with Gasteiger partial charge in [-0.2, -0.15) is 4.73 Å². The number of benzene rings is 2. The van der Waals surface area contributed by atoms with Gasteiger partial charge in [0.05, 0.1) is 28.9 Å². The second kappa shape index (κ2) is 10.2. The van der Waals surface area contributed by atoms with Gasteiger partial charge in [0.15, 0.2) is 22.2 Å². The molecule has 4 rings (SSSR count). The normalized spacial score (nSPS) is 11.6. The Hall–Kier alpha value is -3.43. The molecule has 0 bridgehead atoms. The highest BCUT2D eigenvalue weighted by Crippen LogP contribution is 2.19. The fraction of sp³-hybridized carbons (Fsp3) is 0.208. The van der Waals surface area contributed by atoms with Crippen molar-refractivity contribution >= 4 is 44.1 Å². The van der Waals surface area contributed by atoms with Crippen LogP contribution in [0.1, 0.15) is 17.5 Å². The van der Waals surface area contributed by atoms with Crippen molar-refractivity contribution in [2.45, 2.75) is 25.1 Å². The highest BCUT2D eigenvalue weighted by molar-refractivity contribution is 7.90. The summed E-state index contributed by atoms with van der Waals surface area (Å²) in [5.74, 6) is -1.01. The zero-order valence-corrected chi connectivity index (χ0v) is 19.8. The predicted molar refractivity (Wildman–Crippen MR) is 131 cm³/mol. The van der Waals surface area contributed by atoms with E-state index in [2.05, 4.69) is 10.3 Å². The van der Waals surface area contributed by atoms with E-state index >= 15 is 0 Å². The van der Waals surface area contributed by atoms with E-state index in [1.165, 1.54) is 24.0 Å². The number of halogens is 1. The van der Waals surface area contributed by atoms with E-state index in [0.717, 1.165) is 24.0 Å². The maximum absolute atomic E-state index is 12.3. The van der Waals surface area contributed by atoms with Gasteiger partial charge in [-0.3, -0.25) is 4.79 Å². The Balaban J connectivity index is 1.33. The standard InChI is InChI=1S/C24H23ClN4O4S/c25-20-5-3-18(4-6-20)9-12-28-17-26-22-14-21(7-8-23(22)28)27-24(30)10-13-34(32,33)16-19-2-1-11-29(31)15-19/h1-8,11,14-15,17H,9-10,12-13,16H2,(H,27,30). The summed E-state index contributed by atoms with van der Waals surface area (Å²) >= 11 is 5.93. The van der Waals surface area contributed by atoms with Gasteiger partial charge in [0.1, 0.15) is 0 Å². The monoisotopic (exact) mass is 498 g/mol. The lowest BCUT2D eigenvalue weighted by Crippen LogP contribution is -2.25. The molecule has 0 fully saturated rings. The molecule has 10 heteroatoms.